The first-order valence-electron chi connectivity index (χ1n) is 3.64. The van der Waals surface area contributed by atoms with Gasteiger partial charge in [-0.25, -0.2) is 0 Å². The Morgan fingerprint density at radius 3 is 2.10 bits per heavy atom. The van der Waals surface area contributed by atoms with Crippen LogP contribution in [-0.2, 0) is 0 Å². The first-order valence-corrected chi connectivity index (χ1v) is 4.95. The van der Waals surface area contributed by atoms with E-state index in [1.165, 1.54) is 12.8 Å². The Kier molecular flexibility index (Phi) is 3.62. The van der Waals surface area contributed by atoms with Crippen LogP contribution in [0.25, 0.3) is 0 Å². The fourth-order valence-corrected chi connectivity index (χ4v) is 2.58. The van der Waals surface area contributed by atoms with E-state index in [-0.39, 0.29) is 10.2 Å². The number of alkyl halides is 3. The molecule has 3 heteroatoms. The van der Waals surface area contributed by atoms with Crippen molar-refractivity contribution in [2.75, 3.05) is 0 Å². The van der Waals surface area contributed by atoms with E-state index in [1.54, 1.807) is 0 Å². The third-order valence-electron chi connectivity index (χ3n) is 2.06. The third kappa shape index (κ3) is 2.18. The maximum atomic E-state index is 6.01. The predicted octanol–water partition coefficient (Wildman–Crippen LogP) is 3.59. The fourth-order valence-electron chi connectivity index (χ4n) is 1.40. The van der Waals surface area contributed by atoms with Crippen molar-refractivity contribution in [3.8, 4) is 0 Å². The van der Waals surface area contributed by atoms with E-state index in [0.29, 0.717) is 5.92 Å². The van der Waals surface area contributed by atoms with Crippen LogP contribution in [-0.4, -0.2) is 10.2 Å². The second kappa shape index (κ2) is 4.04. The molecule has 0 aromatic carbocycles. The molecule has 1 aliphatic rings. The summed E-state index contributed by atoms with van der Waals surface area (Å²) < 4.78 is 0. The highest BCUT2D eigenvalue weighted by Gasteiger charge is 2.27. The lowest BCUT2D eigenvalue weighted by Gasteiger charge is -2.27. The lowest BCUT2D eigenvalue weighted by molar-refractivity contribution is 0.384. The molecular weight excluding hydrogens is 190 g/mol. The zero-order valence-corrected chi connectivity index (χ0v) is 7.96. The molecule has 1 saturated carbocycles. The van der Waals surface area contributed by atoms with E-state index in [0.717, 1.165) is 12.8 Å². The Balaban J connectivity index is 2.40. The van der Waals surface area contributed by atoms with Crippen LogP contribution >= 0.6 is 34.8 Å². The van der Waals surface area contributed by atoms with Gasteiger partial charge in [-0.05, 0) is 12.8 Å². The van der Waals surface area contributed by atoms with Gasteiger partial charge in [-0.15, -0.1) is 34.8 Å². The van der Waals surface area contributed by atoms with Crippen LogP contribution in [0, 0.1) is 5.92 Å². The maximum Gasteiger partial charge on any atom is 0.112 e. The molecule has 10 heavy (non-hydrogen) atoms. The molecule has 0 N–H and O–H groups in total. The van der Waals surface area contributed by atoms with Crippen LogP contribution in [0.15, 0.2) is 0 Å². The van der Waals surface area contributed by atoms with Crippen molar-refractivity contribution < 1.29 is 0 Å². The van der Waals surface area contributed by atoms with Gasteiger partial charge in [-0.3, -0.25) is 0 Å². The maximum absolute atomic E-state index is 6.01. The van der Waals surface area contributed by atoms with Crippen molar-refractivity contribution in [3.63, 3.8) is 0 Å². The molecule has 2 unspecified atom stereocenters. The van der Waals surface area contributed by atoms with E-state index in [9.17, 15) is 0 Å². The van der Waals surface area contributed by atoms with Crippen molar-refractivity contribution in [1.29, 1.82) is 0 Å². The van der Waals surface area contributed by atoms with Crippen LogP contribution in [0.2, 0.25) is 0 Å². The molecule has 1 aliphatic carbocycles. The molecule has 0 spiro atoms. The second-order valence-corrected chi connectivity index (χ2v) is 4.52. The number of halogens is 3. The highest BCUT2D eigenvalue weighted by atomic mass is 35.5. The van der Waals surface area contributed by atoms with Gasteiger partial charge in [0.1, 0.15) is 4.84 Å². The molecule has 0 nitrogen and oxygen atoms in total. The minimum absolute atomic E-state index is 0.203. The average Bonchev–Trinajstić information content (AvgIpc) is 1.88. The van der Waals surface area contributed by atoms with Crippen LogP contribution in [0.3, 0.4) is 0 Å². The van der Waals surface area contributed by atoms with Crippen LogP contribution in [0.5, 0.6) is 0 Å². The number of hydrogen-bond acceptors (Lipinski definition) is 0. The molecule has 0 bridgehead atoms. The summed E-state index contributed by atoms with van der Waals surface area (Å²) in [5.41, 5.74) is 0. The summed E-state index contributed by atoms with van der Waals surface area (Å²) in [6.45, 7) is 0. The summed E-state index contributed by atoms with van der Waals surface area (Å²) in [6.07, 6.45) is 4.61. The Labute approximate surface area is 76.8 Å². The lowest BCUT2D eigenvalue weighted by atomic mass is 9.90. The molecular formula is C7H11Cl3. The van der Waals surface area contributed by atoms with Crippen LogP contribution in [0.1, 0.15) is 25.7 Å². The summed E-state index contributed by atoms with van der Waals surface area (Å²) in [6, 6.07) is 0. The Bertz CT molecular complexity index is 103. The largest absolute Gasteiger partial charge is 0.123 e. The molecule has 60 valence electrons. The minimum Gasteiger partial charge on any atom is -0.123 e. The topological polar surface area (TPSA) is 0 Å². The van der Waals surface area contributed by atoms with Gasteiger partial charge in [0.25, 0.3) is 0 Å². The van der Waals surface area contributed by atoms with Gasteiger partial charge in [0.05, 0.1) is 0 Å². The van der Waals surface area contributed by atoms with E-state index < -0.39 is 0 Å². The van der Waals surface area contributed by atoms with Crippen molar-refractivity contribution >= 4 is 34.8 Å². The lowest BCUT2D eigenvalue weighted by Crippen LogP contribution is -2.24. The smallest absolute Gasteiger partial charge is 0.112 e. The average molecular weight is 202 g/mol. The van der Waals surface area contributed by atoms with Crippen molar-refractivity contribution in [2.24, 2.45) is 5.92 Å². The highest BCUT2D eigenvalue weighted by Crippen LogP contribution is 2.34. The van der Waals surface area contributed by atoms with Crippen molar-refractivity contribution in [3.05, 3.63) is 0 Å². The zero-order chi connectivity index (χ0) is 7.56. The van der Waals surface area contributed by atoms with Crippen molar-refractivity contribution in [1.82, 2.24) is 0 Å². The monoisotopic (exact) mass is 200 g/mol. The third-order valence-corrected chi connectivity index (χ3v) is 3.24. The summed E-state index contributed by atoms with van der Waals surface area (Å²) in [4.78, 5) is -0.275. The highest BCUT2D eigenvalue weighted by molar-refractivity contribution is 6.44. The normalized spacial score (nSPS) is 34.8. The van der Waals surface area contributed by atoms with Gasteiger partial charge >= 0.3 is 0 Å². The Hall–Kier alpha value is 0.870. The van der Waals surface area contributed by atoms with E-state index in [2.05, 4.69) is 0 Å². The first kappa shape index (κ1) is 8.96. The van der Waals surface area contributed by atoms with E-state index in [4.69, 9.17) is 34.8 Å². The second-order valence-electron chi connectivity index (χ2n) is 2.80. The summed E-state index contributed by atoms with van der Waals surface area (Å²) >= 11 is 17.5. The molecule has 0 heterocycles. The minimum atomic E-state index is -0.275. The first-order chi connectivity index (χ1) is 4.72. The van der Waals surface area contributed by atoms with E-state index in [1.807, 2.05) is 0 Å². The molecule has 2 atom stereocenters. The molecule has 0 radical (unpaired) electrons. The molecule has 0 aromatic heterocycles. The molecule has 0 aromatic rings. The zero-order valence-electron chi connectivity index (χ0n) is 5.69. The van der Waals surface area contributed by atoms with E-state index >= 15 is 0 Å². The number of hydrogen-bond donors (Lipinski definition) is 0. The molecule has 0 aliphatic heterocycles. The quantitative estimate of drug-likeness (QED) is 0.569. The SMILES string of the molecule is ClC(Cl)C1CCCCC1Cl. The Morgan fingerprint density at radius 1 is 1.10 bits per heavy atom. The van der Waals surface area contributed by atoms with Gasteiger partial charge in [0, 0.05) is 11.3 Å². The van der Waals surface area contributed by atoms with Gasteiger partial charge < -0.3 is 0 Å². The van der Waals surface area contributed by atoms with Gasteiger partial charge in [0.2, 0.25) is 0 Å². The molecule has 0 saturated heterocycles. The molecule has 1 rings (SSSR count). The predicted molar refractivity (Wildman–Crippen MR) is 47.1 cm³/mol. The Morgan fingerprint density at radius 2 is 1.70 bits per heavy atom. The van der Waals surface area contributed by atoms with Gasteiger partial charge in [-0.2, -0.15) is 0 Å². The van der Waals surface area contributed by atoms with Crippen LogP contribution in [0.4, 0.5) is 0 Å². The summed E-state index contributed by atoms with van der Waals surface area (Å²) in [5.74, 6) is 0.318. The van der Waals surface area contributed by atoms with Gasteiger partial charge in [-0.1, -0.05) is 12.8 Å². The standard InChI is InChI=1S/C7H11Cl3/c8-6-4-2-1-3-5(6)7(9)10/h5-7H,1-4H2. The molecule has 0 amide bonds. The summed E-state index contributed by atoms with van der Waals surface area (Å²) in [7, 11) is 0. The summed E-state index contributed by atoms with van der Waals surface area (Å²) in [5, 5.41) is 0.203. The van der Waals surface area contributed by atoms with Crippen molar-refractivity contribution in [2.45, 2.75) is 35.9 Å². The van der Waals surface area contributed by atoms with Crippen LogP contribution < -0.4 is 0 Å². The number of rotatable bonds is 1. The van der Waals surface area contributed by atoms with Gasteiger partial charge in [0.15, 0.2) is 0 Å². The fraction of sp³-hybridized carbons (Fsp3) is 1.00. The molecule has 1 fully saturated rings.